The average molecular weight is 353 g/mol. The van der Waals surface area contributed by atoms with Crippen LogP contribution in [-0.4, -0.2) is 29.1 Å². The monoisotopic (exact) mass is 353 g/mol. The number of carbonyl (C=O) groups excluding carboxylic acids is 1. The Morgan fingerprint density at radius 2 is 2.04 bits per heavy atom. The number of hydrogen-bond donors (Lipinski definition) is 1. The van der Waals surface area contributed by atoms with Crippen LogP contribution in [0.2, 0.25) is 0 Å². The Morgan fingerprint density at radius 1 is 1.23 bits per heavy atom. The van der Waals surface area contributed by atoms with Crippen molar-refractivity contribution in [3.05, 3.63) is 83.7 Å². The highest BCUT2D eigenvalue weighted by Gasteiger charge is 2.13. The van der Waals surface area contributed by atoms with Crippen LogP contribution < -0.4 is 10.1 Å². The third-order valence-electron chi connectivity index (χ3n) is 4.04. The van der Waals surface area contributed by atoms with Crippen molar-refractivity contribution in [3.63, 3.8) is 0 Å². The Bertz CT molecular complexity index is 878. The lowest BCUT2D eigenvalue weighted by Crippen LogP contribution is -2.27. The van der Waals surface area contributed by atoms with Crippen molar-refractivity contribution < 1.29 is 13.9 Å². The van der Waals surface area contributed by atoms with Gasteiger partial charge in [-0.1, -0.05) is 30.3 Å². The van der Waals surface area contributed by atoms with Gasteiger partial charge in [0.25, 0.3) is 5.91 Å². The molecule has 3 rings (SSSR count). The highest BCUT2D eigenvalue weighted by Crippen LogP contribution is 2.19. The zero-order valence-electron chi connectivity index (χ0n) is 14.5. The van der Waals surface area contributed by atoms with Gasteiger partial charge in [0.05, 0.1) is 12.7 Å². The van der Waals surface area contributed by atoms with Gasteiger partial charge in [-0.2, -0.15) is 0 Å². The maximum absolute atomic E-state index is 13.4. The average Bonchev–Trinajstić information content (AvgIpc) is 3.09. The number of carbonyl (C=O) groups is 1. The van der Waals surface area contributed by atoms with Gasteiger partial charge in [0.2, 0.25) is 0 Å². The summed E-state index contributed by atoms with van der Waals surface area (Å²) in [5.41, 5.74) is 1.36. The number of hydrogen-bond acceptors (Lipinski definition) is 3. The van der Waals surface area contributed by atoms with E-state index >= 15 is 0 Å². The van der Waals surface area contributed by atoms with Gasteiger partial charge in [0.15, 0.2) is 0 Å². The largest absolute Gasteiger partial charge is 0.496 e. The summed E-state index contributed by atoms with van der Waals surface area (Å²) in [6.07, 6.45) is 4.23. The van der Waals surface area contributed by atoms with Gasteiger partial charge >= 0.3 is 0 Å². The Labute approximate surface area is 151 Å². The smallest absolute Gasteiger partial charge is 0.255 e. The van der Waals surface area contributed by atoms with Gasteiger partial charge in [-0.15, -0.1) is 0 Å². The van der Waals surface area contributed by atoms with Crippen molar-refractivity contribution in [2.24, 2.45) is 0 Å². The predicted octanol–water partition coefficient (Wildman–Crippen LogP) is 3.05. The molecular weight excluding hydrogens is 333 g/mol. The number of amides is 1. The molecule has 0 aliphatic heterocycles. The number of nitrogens with one attached hydrogen (secondary N) is 1. The topological polar surface area (TPSA) is 56.1 Å². The summed E-state index contributed by atoms with van der Waals surface area (Å²) < 4.78 is 20.6. The zero-order chi connectivity index (χ0) is 18.4. The number of halogens is 1. The number of methoxy groups -OCH3 is 1. The van der Waals surface area contributed by atoms with Crippen molar-refractivity contribution in [1.82, 2.24) is 14.9 Å². The van der Waals surface area contributed by atoms with Crippen LogP contribution in [0, 0.1) is 5.82 Å². The summed E-state index contributed by atoms with van der Waals surface area (Å²) >= 11 is 0. The zero-order valence-corrected chi connectivity index (χ0v) is 14.5. The molecule has 0 saturated heterocycles. The minimum atomic E-state index is -0.477. The number of nitrogens with zero attached hydrogens (tertiary/aromatic N) is 2. The molecule has 0 saturated carbocycles. The first-order chi connectivity index (χ1) is 12.7. The van der Waals surface area contributed by atoms with E-state index in [9.17, 15) is 9.18 Å². The molecule has 1 N–H and O–H groups in total. The summed E-state index contributed by atoms with van der Waals surface area (Å²) in [7, 11) is 1.45. The van der Waals surface area contributed by atoms with E-state index in [1.165, 1.54) is 30.9 Å². The molecule has 0 spiro atoms. The molecule has 0 atom stereocenters. The van der Waals surface area contributed by atoms with E-state index in [4.69, 9.17) is 4.74 Å². The Balaban J connectivity index is 1.60. The second kappa shape index (κ2) is 8.29. The third kappa shape index (κ3) is 4.27. The lowest BCUT2D eigenvalue weighted by Gasteiger charge is -2.11. The third-order valence-corrected chi connectivity index (χ3v) is 4.04. The molecule has 26 heavy (non-hydrogen) atoms. The molecule has 2 aromatic carbocycles. The number of ether oxygens (including phenoxy) is 1. The minimum absolute atomic E-state index is 0.181. The van der Waals surface area contributed by atoms with E-state index in [-0.39, 0.29) is 11.5 Å². The fraction of sp³-hybridized carbons (Fsp3) is 0.200. The summed E-state index contributed by atoms with van der Waals surface area (Å²) in [5.74, 6) is 0.367. The fourth-order valence-corrected chi connectivity index (χ4v) is 2.73. The fourth-order valence-electron chi connectivity index (χ4n) is 2.73. The molecule has 6 heteroatoms. The summed E-state index contributed by atoms with van der Waals surface area (Å²) in [4.78, 5) is 16.7. The highest BCUT2D eigenvalue weighted by molar-refractivity contribution is 5.96. The molecule has 0 bridgehead atoms. The second-order valence-corrected chi connectivity index (χ2v) is 5.81. The number of aromatic nitrogens is 2. The highest BCUT2D eigenvalue weighted by atomic mass is 19.1. The predicted molar refractivity (Wildman–Crippen MR) is 96.8 cm³/mol. The molecule has 0 fully saturated rings. The molecule has 1 amide bonds. The van der Waals surface area contributed by atoms with Crippen LogP contribution in [-0.2, 0) is 13.0 Å². The van der Waals surface area contributed by atoms with Crippen molar-refractivity contribution in [3.8, 4) is 5.75 Å². The van der Waals surface area contributed by atoms with Crippen molar-refractivity contribution >= 4 is 5.91 Å². The van der Waals surface area contributed by atoms with E-state index in [2.05, 4.69) is 22.4 Å². The van der Waals surface area contributed by atoms with Gasteiger partial charge in [-0.05, 0) is 23.8 Å². The first-order valence-corrected chi connectivity index (χ1v) is 8.33. The molecule has 134 valence electrons. The summed E-state index contributed by atoms with van der Waals surface area (Å²) in [5, 5.41) is 2.79. The van der Waals surface area contributed by atoms with Crippen molar-refractivity contribution in [2.45, 2.75) is 13.0 Å². The molecule has 5 nitrogen and oxygen atoms in total. The Morgan fingerprint density at radius 3 is 2.81 bits per heavy atom. The summed E-state index contributed by atoms with van der Waals surface area (Å²) in [6.45, 7) is 1.12. The van der Waals surface area contributed by atoms with Gasteiger partial charge in [-0.25, -0.2) is 9.37 Å². The molecule has 1 heterocycles. The van der Waals surface area contributed by atoms with E-state index < -0.39 is 5.82 Å². The maximum atomic E-state index is 13.4. The Kier molecular flexibility index (Phi) is 5.63. The van der Waals surface area contributed by atoms with E-state index in [1.54, 1.807) is 6.20 Å². The van der Waals surface area contributed by atoms with E-state index in [0.29, 0.717) is 18.7 Å². The number of rotatable bonds is 7. The van der Waals surface area contributed by atoms with Crippen molar-refractivity contribution in [2.75, 3.05) is 13.7 Å². The maximum Gasteiger partial charge on any atom is 0.255 e. The first kappa shape index (κ1) is 17.7. The summed E-state index contributed by atoms with van der Waals surface area (Å²) in [6, 6.07) is 14.0. The molecular formula is C20H20FN3O2. The molecule has 0 unspecified atom stereocenters. The number of imidazole rings is 1. The van der Waals surface area contributed by atoms with Crippen molar-refractivity contribution in [1.29, 1.82) is 0 Å². The molecule has 0 aliphatic carbocycles. The van der Waals surface area contributed by atoms with Crippen LogP contribution >= 0.6 is 0 Å². The lowest BCUT2D eigenvalue weighted by molar-refractivity contribution is 0.0950. The SMILES string of the molecule is COc1ccc(F)cc1C(=O)NCCc1nccn1Cc1ccccc1. The van der Waals surface area contributed by atoms with Crippen LogP contribution in [0.3, 0.4) is 0 Å². The van der Waals surface area contributed by atoms with Gasteiger partial charge in [-0.3, -0.25) is 4.79 Å². The molecule has 3 aromatic rings. The minimum Gasteiger partial charge on any atom is -0.496 e. The Hall–Kier alpha value is -3.15. The van der Waals surface area contributed by atoms with Crippen LogP contribution in [0.1, 0.15) is 21.7 Å². The van der Waals surface area contributed by atoms with E-state index in [0.717, 1.165) is 12.4 Å². The van der Waals surface area contributed by atoms with Crippen LogP contribution in [0.4, 0.5) is 4.39 Å². The lowest BCUT2D eigenvalue weighted by atomic mass is 10.2. The molecule has 0 aliphatic rings. The normalized spacial score (nSPS) is 10.5. The van der Waals surface area contributed by atoms with Gasteiger partial charge in [0, 0.05) is 31.9 Å². The molecule has 1 aromatic heterocycles. The second-order valence-electron chi connectivity index (χ2n) is 5.81. The van der Waals surface area contributed by atoms with Crippen LogP contribution in [0.5, 0.6) is 5.75 Å². The van der Waals surface area contributed by atoms with Gasteiger partial charge < -0.3 is 14.6 Å². The quantitative estimate of drug-likeness (QED) is 0.710. The van der Waals surface area contributed by atoms with Crippen LogP contribution in [0.15, 0.2) is 60.9 Å². The molecule has 0 radical (unpaired) electrons. The van der Waals surface area contributed by atoms with Gasteiger partial charge in [0.1, 0.15) is 17.4 Å². The first-order valence-electron chi connectivity index (χ1n) is 8.33. The standard InChI is InChI=1S/C20H20FN3O2/c1-26-18-8-7-16(21)13-17(18)20(25)23-10-9-19-22-11-12-24(19)14-15-5-3-2-4-6-15/h2-8,11-13H,9-10,14H2,1H3,(H,23,25). The van der Waals surface area contributed by atoms with Crippen LogP contribution in [0.25, 0.3) is 0 Å². The van der Waals surface area contributed by atoms with E-state index in [1.807, 2.05) is 29.0 Å². The number of benzene rings is 2.